The first kappa shape index (κ1) is 16.1. The van der Waals surface area contributed by atoms with Crippen LogP contribution >= 0.6 is 28.3 Å². The third-order valence-electron chi connectivity index (χ3n) is 2.77. The van der Waals surface area contributed by atoms with Gasteiger partial charge in [0.15, 0.2) is 0 Å². The fourth-order valence-corrected chi connectivity index (χ4v) is 2.23. The zero-order valence-corrected chi connectivity index (χ0v) is 13.3. The van der Waals surface area contributed by atoms with Crippen molar-refractivity contribution in [3.63, 3.8) is 0 Å². The second-order valence-corrected chi connectivity index (χ2v) is 5.52. The summed E-state index contributed by atoms with van der Waals surface area (Å²) in [6, 6.07) is 7.77. The minimum absolute atomic E-state index is 0. The maximum Gasteiger partial charge on any atom is 0.246 e. The minimum atomic E-state index is -0.563. The van der Waals surface area contributed by atoms with Crippen LogP contribution in [-0.2, 0) is 5.54 Å². The van der Waals surface area contributed by atoms with Gasteiger partial charge in [-0.3, -0.25) is 0 Å². The smallest absolute Gasteiger partial charge is 0.246 e. The average Bonchev–Trinajstić information content (AvgIpc) is 2.78. The number of benzene rings is 1. The van der Waals surface area contributed by atoms with Crippen LogP contribution < -0.4 is 5.73 Å². The molecule has 0 amide bonds. The van der Waals surface area contributed by atoms with E-state index in [-0.39, 0.29) is 12.4 Å². The highest BCUT2D eigenvalue weighted by Crippen LogP contribution is 2.25. The van der Waals surface area contributed by atoms with E-state index in [0.29, 0.717) is 11.7 Å². The van der Waals surface area contributed by atoms with Crippen molar-refractivity contribution in [1.29, 1.82) is 0 Å². The Morgan fingerprint density at radius 3 is 2.79 bits per heavy atom. The van der Waals surface area contributed by atoms with E-state index in [1.54, 1.807) is 0 Å². The summed E-state index contributed by atoms with van der Waals surface area (Å²) in [7, 11) is 0. The number of aromatic nitrogens is 2. The summed E-state index contributed by atoms with van der Waals surface area (Å²) in [6.45, 7) is 3.99. The van der Waals surface area contributed by atoms with Crippen LogP contribution in [0.25, 0.3) is 11.4 Å². The summed E-state index contributed by atoms with van der Waals surface area (Å²) in [6.07, 6.45) is 1.79. The van der Waals surface area contributed by atoms with Gasteiger partial charge in [-0.2, -0.15) is 4.98 Å². The molecule has 0 bridgehead atoms. The van der Waals surface area contributed by atoms with Crippen molar-refractivity contribution >= 4 is 28.3 Å². The molecular formula is C13H17BrClN3O. The molecule has 0 spiro atoms. The molecule has 2 rings (SSSR count). The molecule has 104 valence electrons. The molecule has 0 saturated heterocycles. The lowest BCUT2D eigenvalue weighted by molar-refractivity contribution is 0.284. The molecule has 2 aromatic rings. The summed E-state index contributed by atoms with van der Waals surface area (Å²) >= 11 is 3.42. The lowest BCUT2D eigenvalue weighted by Gasteiger charge is -2.18. The van der Waals surface area contributed by atoms with E-state index in [9.17, 15) is 0 Å². The van der Waals surface area contributed by atoms with Gasteiger partial charge in [0.1, 0.15) is 0 Å². The number of hydrogen-bond acceptors (Lipinski definition) is 4. The van der Waals surface area contributed by atoms with Gasteiger partial charge in [0, 0.05) is 10.0 Å². The van der Waals surface area contributed by atoms with E-state index < -0.39 is 5.54 Å². The van der Waals surface area contributed by atoms with Crippen molar-refractivity contribution in [1.82, 2.24) is 10.1 Å². The Morgan fingerprint density at radius 1 is 1.42 bits per heavy atom. The normalized spacial score (nSPS) is 13.7. The van der Waals surface area contributed by atoms with Crippen molar-refractivity contribution in [2.75, 3.05) is 0 Å². The molecule has 1 aromatic heterocycles. The fraction of sp³-hybridized carbons (Fsp3) is 0.385. The van der Waals surface area contributed by atoms with Crippen LogP contribution in [0.1, 0.15) is 32.6 Å². The third kappa shape index (κ3) is 3.78. The number of halogens is 2. The van der Waals surface area contributed by atoms with Crippen LogP contribution in [0.4, 0.5) is 0 Å². The van der Waals surface area contributed by atoms with Crippen molar-refractivity contribution in [3.8, 4) is 11.4 Å². The summed E-state index contributed by atoms with van der Waals surface area (Å²) in [5, 5.41) is 3.99. The van der Waals surface area contributed by atoms with Gasteiger partial charge < -0.3 is 10.3 Å². The Bertz CT molecular complexity index is 542. The van der Waals surface area contributed by atoms with E-state index in [2.05, 4.69) is 33.0 Å². The SMILES string of the molecule is CCCC(C)(N)c1nc(-c2cccc(Br)c2)no1.Cl. The van der Waals surface area contributed by atoms with Gasteiger partial charge >= 0.3 is 0 Å². The predicted molar refractivity (Wildman–Crippen MR) is 81.1 cm³/mol. The molecule has 0 radical (unpaired) electrons. The topological polar surface area (TPSA) is 64.9 Å². The van der Waals surface area contributed by atoms with Crippen LogP contribution in [0.15, 0.2) is 33.3 Å². The van der Waals surface area contributed by atoms with E-state index in [4.69, 9.17) is 10.3 Å². The van der Waals surface area contributed by atoms with E-state index in [0.717, 1.165) is 22.9 Å². The van der Waals surface area contributed by atoms with Crippen molar-refractivity contribution in [3.05, 3.63) is 34.6 Å². The van der Waals surface area contributed by atoms with Gasteiger partial charge in [0.2, 0.25) is 11.7 Å². The second-order valence-electron chi connectivity index (χ2n) is 4.60. The van der Waals surface area contributed by atoms with Gasteiger partial charge in [-0.05, 0) is 25.5 Å². The van der Waals surface area contributed by atoms with Crippen LogP contribution in [0.2, 0.25) is 0 Å². The molecule has 2 N–H and O–H groups in total. The first-order chi connectivity index (χ1) is 8.53. The van der Waals surface area contributed by atoms with E-state index in [1.807, 2.05) is 31.2 Å². The predicted octanol–water partition coefficient (Wildman–Crippen LogP) is 3.89. The molecule has 19 heavy (non-hydrogen) atoms. The van der Waals surface area contributed by atoms with Crippen LogP contribution in [0.3, 0.4) is 0 Å². The molecule has 1 atom stereocenters. The van der Waals surface area contributed by atoms with Crippen molar-refractivity contribution < 1.29 is 4.52 Å². The van der Waals surface area contributed by atoms with E-state index >= 15 is 0 Å². The lowest BCUT2D eigenvalue weighted by atomic mass is 9.98. The molecule has 0 aliphatic carbocycles. The van der Waals surface area contributed by atoms with Crippen LogP contribution in [0, 0.1) is 0 Å². The highest BCUT2D eigenvalue weighted by atomic mass is 79.9. The van der Waals surface area contributed by atoms with Crippen molar-refractivity contribution in [2.45, 2.75) is 32.2 Å². The average molecular weight is 347 g/mol. The van der Waals surface area contributed by atoms with Crippen LogP contribution in [0.5, 0.6) is 0 Å². The zero-order valence-electron chi connectivity index (χ0n) is 10.9. The van der Waals surface area contributed by atoms with E-state index in [1.165, 1.54) is 0 Å². The molecule has 6 heteroatoms. The van der Waals surface area contributed by atoms with Crippen molar-refractivity contribution in [2.24, 2.45) is 5.73 Å². The lowest BCUT2D eigenvalue weighted by Crippen LogP contribution is -2.33. The molecule has 0 aliphatic rings. The number of nitrogens with zero attached hydrogens (tertiary/aromatic N) is 2. The maximum atomic E-state index is 6.16. The fourth-order valence-electron chi connectivity index (χ4n) is 1.83. The first-order valence-electron chi connectivity index (χ1n) is 5.92. The molecule has 0 aliphatic heterocycles. The highest BCUT2D eigenvalue weighted by Gasteiger charge is 2.27. The van der Waals surface area contributed by atoms with Gasteiger partial charge in [-0.25, -0.2) is 0 Å². The third-order valence-corrected chi connectivity index (χ3v) is 3.26. The Kier molecular flexibility index (Phi) is 5.52. The summed E-state index contributed by atoms with van der Waals surface area (Å²) in [5.41, 5.74) is 6.51. The second kappa shape index (κ2) is 6.50. The Morgan fingerprint density at radius 2 is 2.16 bits per heavy atom. The quantitative estimate of drug-likeness (QED) is 0.912. The Labute approximate surface area is 127 Å². The summed E-state index contributed by atoms with van der Waals surface area (Å²) < 4.78 is 6.26. The molecule has 0 saturated carbocycles. The highest BCUT2D eigenvalue weighted by molar-refractivity contribution is 9.10. The Balaban J connectivity index is 0.00000180. The summed E-state index contributed by atoms with van der Waals surface area (Å²) in [4.78, 5) is 4.39. The van der Waals surface area contributed by atoms with Crippen LogP contribution in [-0.4, -0.2) is 10.1 Å². The number of nitrogens with two attached hydrogens (primary N) is 1. The molecule has 0 fully saturated rings. The molecule has 1 unspecified atom stereocenters. The molecule has 1 heterocycles. The Hall–Kier alpha value is -0.910. The van der Waals surface area contributed by atoms with Gasteiger partial charge in [0.05, 0.1) is 5.54 Å². The maximum absolute atomic E-state index is 6.16. The monoisotopic (exact) mass is 345 g/mol. The standard InChI is InChI=1S/C13H16BrN3O.ClH/c1-3-7-13(2,15)12-16-11(17-18-12)9-5-4-6-10(14)8-9;/h4-6,8H,3,7,15H2,1-2H3;1H. The van der Waals surface area contributed by atoms with Gasteiger partial charge in [0.25, 0.3) is 0 Å². The summed E-state index contributed by atoms with van der Waals surface area (Å²) in [5.74, 6) is 1.05. The molecule has 4 nitrogen and oxygen atoms in total. The zero-order chi connectivity index (χ0) is 13.2. The largest absolute Gasteiger partial charge is 0.337 e. The molecular weight excluding hydrogens is 330 g/mol. The molecule has 1 aromatic carbocycles. The van der Waals surface area contributed by atoms with Gasteiger partial charge in [-0.15, -0.1) is 12.4 Å². The first-order valence-corrected chi connectivity index (χ1v) is 6.71. The number of rotatable bonds is 4. The minimum Gasteiger partial charge on any atom is -0.337 e. The number of hydrogen-bond donors (Lipinski definition) is 1. The van der Waals surface area contributed by atoms with Gasteiger partial charge in [-0.1, -0.05) is 46.6 Å².